The molecule has 0 saturated carbocycles. The van der Waals surface area contributed by atoms with Crippen molar-refractivity contribution < 1.29 is 14.4 Å². The molecule has 0 aromatic carbocycles. The van der Waals surface area contributed by atoms with Crippen LogP contribution >= 0.6 is 0 Å². The Labute approximate surface area is 63.6 Å². The first-order chi connectivity index (χ1) is 5.22. The van der Waals surface area contributed by atoms with Crippen molar-refractivity contribution in [2.24, 2.45) is 4.99 Å². The van der Waals surface area contributed by atoms with E-state index in [4.69, 9.17) is 0 Å². The molecule has 1 rings (SSSR count). The standard InChI is InChI=1S/C6H8N2O3/c1-2-6(10)11-8-3-5(9)7-4-8/h4H,2-3H2,1H3. The number of amides is 1. The van der Waals surface area contributed by atoms with Crippen molar-refractivity contribution in [1.82, 2.24) is 5.06 Å². The van der Waals surface area contributed by atoms with Crippen molar-refractivity contribution in [1.29, 1.82) is 0 Å². The second kappa shape index (κ2) is 3.14. The van der Waals surface area contributed by atoms with Gasteiger partial charge in [0.25, 0.3) is 5.91 Å². The number of hydrogen-bond acceptors (Lipinski definition) is 4. The summed E-state index contributed by atoms with van der Waals surface area (Å²) < 4.78 is 0. The fourth-order valence-corrected chi connectivity index (χ4v) is 0.595. The number of hydrogen-bond donors (Lipinski definition) is 0. The number of carbonyl (C=O) groups is 2. The lowest BCUT2D eigenvalue weighted by Gasteiger charge is -2.10. The number of carbonyl (C=O) groups excluding carboxylic acids is 2. The zero-order valence-corrected chi connectivity index (χ0v) is 6.11. The molecule has 0 aromatic rings. The lowest BCUT2D eigenvalue weighted by Crippen LogP contribution is -2.25. The highest BCUT2D eigenvalue weighted by atomic mass is 16.7. The van der Waals surface area contributed by atoms with Gasteiger partial charge in [0.15, 0.2) is 0 Å². The molecule has 11 heavy (non-hydrogen) atoms. The minimum Gasteiger partial charge on any atom is -0.339 e. The molecular weight excluding hydrogens is 148 g/mol. The zero-order chi connectivity index (χ0) is 8.27. The van der Waals surface area contributed by atoms with Crippen LogP contribution < -0.4 is 0 Å². The van der Waals surface area contributed by atoms with Crippen LogP contribution in [-0.2, 0) is 14.4 Å². The maximum Gasteiger partial charge on any atom is 0.332 e. The Morgan fingerprint density at radius 1 is 1.91 bits per heavy atom. The van der Waals surface area contributed by atoms with Gasteiger partial charge < -0.3 is 4.84 Å². The van der Waals surface area contributed by atoms with Crippen LogP contribution in [0.2, 0.25) is 0 Å². The van der Waals surface area contributed by atoms with Crippen molar-refractivity contribution in [2.75, 3.05) is 6.54 Å². The van der Waals surface area contributed by atoms with E-state index in [1.165, 1.54) is 6.34 Å². The van der Waals surface area contributed by atoms with E-state index in [1.807, 2.05) is 0 Å². The molecule has 5 nitrogen and oxygen atoms in total. The third kappa shape index (κ3) is 2.03. The van der Waals surface area contributed by atoms with E-state index in [1.54, 1.807) is 6.92 Å². The van der Waals surface area contributed by atoms with Crippen molar-refractivity contribution in [3.8, 4) is 0 Å². The molecule has 1 heterocycles. The van der Waals surface area contributed by atoms with Crippen molar-refractivity contribution in [3.63, 3.8) is 0 Å². The monoisotopic (exact) mass is 156 g/mol. The number of hydroxylamine groups is 2. The number of rotatable bonds is 2. The molecule has 1 amide bonds. The highest BCUT2D eigenvalue weighted by molar-refractivity contribution is 5.92. The molecule has 0 bridgehead atoms. The molecule has 0 spiro atoms. The van der Waals surface area contributed by atoms with E-state index < -0.39 is 0 Å². The first kappa shape index (κ1) is 7.71. The highest BCUT2D eigenvalue weighted by Crippen LogP contribution is 1.97. The van der Waals surface area contributed by atoms with Gasteiger partial charge in [0.1, 0.15) is 12.9 Å². The quantitative estimate of drug-likeness (QED) is 0.552. The lowest BCUT2D eigenvalue weighted by atomic mass is 10.5. The van der Waals surface area contributed by atoms with Crippen LogP contribution in [-0.4, -0.2) is 29.8 Å². The molecular formula is C6H8N2O3. The van der Waals surface area contributed by atoms with Gasteiger partial charge in [-0.15, -0.1) is 0 Å². The molecule has 0 aliphatic carbocycles. The fourth-order valence-electron chi connectivity index (χ4n) is 0.595. The van der Waals surface area contributed by atoms with Gasteiger partial charge in [0.2, 0.25) is 0 Å². The number of nitrogens with zero attached hydrogens (tertiary/aromatic N) is 2. The topological polar surface area (TPSA) is 59.0 Å². The molecule has 0 fully saturated rings. The fraction of sp³-hybridized carbons (Fsp3) is 0.500. The predicted molar refractivity (Wildman–Crippen MR) is 36.6 cm³/mol. The van der Waals surface area contributed by atoms with Crippen LogP contribution in [0.3, 0.4) is 0 Å². The predicted octanol–water partition coefficient (Wildman–Crippen LogP) is -0.275. The van der Waals surface area contributed by atoms with Gasteiger partial charge >= 0.3 is 5.97 Å². The summed E-state index contributed by atoms with van der Waals surface area (Å²) in [6.07, 6.45) is 1.49. The Kier molecular flexibility index (Phi) is 2.20. The van der Waals surface area contributed by atoms with Crippen molar-refractivity contribution in [2.45, 2.75) is 13.3 Å². The van der Waals surface area contributed by atoms with E-state index in [2.05, 4.69) is 9.83 Å². The molecule has 0 radical (unpaired) electrons. The second-order valence-electron chi connectivity index (χ2n) is 2.03. The molecule has 5 heteroatoms. The summed E-state index contributed by atoms with van der Waals surface area (Å²) in [5, 5.41) is 1.12. The van der Waals surface area contributed by atoms with Crippen molar-refractivity contribution in [3.05, 3.63) is 0 Å². The highest BCUT2D eigenvalue weighted by Gasteiger charge is 2.16. The molecule has 0 saturated heterocycles. The van der Waals surface area contributed by atoms with Gasteiger partial charge in [-0.1, -0.05) is 6.92 Å². The van der Waals surface area contributed by atoms with E-state index in [9.17, 15) is 9.59 Å². The summed E-state index contributed by atoms with van der Waals surface area (Å²) in [6, 6.07) is 0. The summed E-state index contributed by atoms with van der Waals surface area (Å²) in [5.74, 6) is -0.667. The van der Waals surface area contributed by atoms with E-state index >= 15 is 0 Å². The van der Waals surface area contributed by atoms with E-state index in [0.29, 0.717) is 6.42 Å². The van der Waals surface area contributed by atoms with Crippen molar-refractivity contribution >= 4 is 18.2 Å². The van der Waals surface area contributed by atoms with Crippen LogP contribution in [0.1, 0.15) is 13.3 Å². The van der Waals surface area contributed by atoms with Crippen LogP contribution in [0.15, 0.2) is 4.99 Å². The lowest BCUT2D eigenvalue weighted by molar-refractivity contribution is -0.170. The molecule has 0 unspecified atom stereocenters. The minimum atomic E-state index is -0.369. The zero-order valence-electron chi connectivity index (χ0n) is 6.11. The maximum atomic E-state index is 10.6. The van der Waals surface area contributed by atoms with E-state index in [0.717, 1.165) is 5.06 Å². The first-order valence-corrected chi connectivity index (χ1v) is 3.27. The van der Waals surface area contributed by atoms with Crippen LogP contribution in [0.4, 0.5) is 0 Å². The van der Waals surface area contributed by atoms with Gasteiger partial charge in [-0.2, -0.15) is 10.1 Å². The van der Waals surface area contributed by atoms with Crippen LogP contribution in [0, 0.1) is 0 Å². The summed E-state index contributed by atoms with van der Waals surface area (Å²) in [6.45, 7) is 1.71. The van der Waals surface area contributed by atoms with Gasteiger partial charge in [0.05, 0.1) is 0 Å². The van der Waals surface area contributed by atoms with Gasteiger partial charge in [-0.05, 0) is 0 Å². The Bertz CT molecular complexity index is 212. The van der Waals surface area contributed by atoms with Gasteiger partial charge in [0, 0.05) is 6.42 Å². The van der Waals surface area contributed by atoms with Gasteiger partial charge in [-0.25, -0.2) is 4.79 Å². The Morgan fingerprint density at radius 3 is 3.09 bits per heavy atom. The third-order valence-corrected chi connectivity index (χ3v) is 1.13. The maximum absolute atomic E-state index is 10.6. The Morgan fingerprint density at radius 2 is 2.64 bits per heavy atom. The molecule has 0 N–H and O–H groups in total. The Hall–Kier alpha value is -1.39. The summed E-state index contributed by atoms with van der Waals surface area (Å²) >= 11 is 0. The molecule has 0 aromatic heterocycles. The van der Waals surface area contributed by atoms with Gasteiger partial charge in [-0.3, -0.25) is 4.79 Å². The van der Waals surface area contributed by atoms with E-state index in [-0.39, 0.29) is 18.4 Å². The van der Waals surface area contributed by atoms with Crippen LogP contribution in [0.25, 0.3) is 0 Å². The minimum absolute atomic E-state index is 0.0335. The first-order valence-electron chi connectivity index (χ1n) is 3.27. The summed E-state index contributed by atoms with van der Waals surface area (Å²) in [4.78, 5) is 29.2. The Balaban J connectivity index is 2.35. The van der Waals surface area contributed by atoms with Crippen LogP contribution in [0.5, 0.6) is 0 Å². The molecule has 0 atom stereocenters. The molecule has 1 aliphatic heterocycles. The number of aliphatic imine (C=N–C) groups is 1. The smallest absolute Gasteiger partial charge is 0.332 e. The summed E-state index contributed by atoms with van der Waals surface area (Å²) in [5.41, 5.74) is 0. The normalized spacial score (nSPS) is 15.7. The average molecular weight is 156 g/mol. The molecule has 1 aliphatic rings. The summed E-state index contributed by atoms with van der Waals surface area (Å²) in [7, 11) is 0. The second-order valence-corrected chi connectivity index (χ2v) is 2.03. The average Bonchev–Trinajstić information content (AvgIpc) is 2.35. The largest absolute Gasteiger partial charge is 0.339 e. The molecule has 60 valence electrons. The third-order valence-electron chi connectivity index (χ3n) is 1.13. The SMILES string of the molecule is CCC(=O)ON1C=NC(=O)C1.